The van der Waals surface area contributed by atoms with Gasteiger partial charge in [0.1, 0.15) is 4.90 Å². The van der Waals surface area contributed by atoms with Crippen molar-refractivity contribution >= 4 is 36.7 Å². The van der Waals surface area contributed by atoms with E-state index in [1.165, 1.54) is 62.8 Å². The van der Waals surface area contributed by atoms with Crippen LogP contribution < -0.4 is 5.73 Å². The van der Waals surface area contributed by atoms with Gasteiger partial charge in [-0.1, -0.05) is 82.9 Å². The van der Waals surface area contributed by atoms with Crippen molar-refractivity contribution in [1.29, 1.82) is 0 Å². The second kappa shape index (κ2) is 18.2. The van der Waals surface area contributed by atoms with Gasteiger partial charge >= 0.3 is 50.5 Å². The molecule has 0 saturated carbocycles. The van der Waals surface area contributed by atoms with E-state index in [9.17, 15) is 26.4 Å². The van der Waals surface area contributed by atoms with Crippen LogP contribution in [0.15, 0.2) is 58.3 Å². The molecule has 222 valence electrons. The Bertz CT molecular complexity index is 1320. The fraction of sp³-hybridized carbons (Fsp3) is 0.462. The maximum absolute atomic E-state index is 12.8. The molecule has 2 aromatic rings. The third kappa shape index (κ3) is 12.9. The predicted octanol–water partition coefficient (Wildman–Crippen LogP) is 3.73. The Morgan fingerprint density at radius 3 is 1.80 bits per heavy atom. The Kier molecular flexibility index (Phi) is 16.3. The number of hydrogen-bond acceptors (Lipinski definition) is 9. The van der Waals surface area contributed by atoms with E-state index in [4.69, 9.17) is 16.4 Å². The maximum atomic E-state index is 12.8. The zero-order chi connectivity index (χ0) is 30.2. The first-order valence-electron chi connectivity index (χ1n) is 13.0. The summed E-state index contributed by atoms with van der Waals surface area (Å²) in [6.07, 6.45) is 11.8. The normalized spacial score (nSPS) is 11.3. The van der Waals surface area contributed by atoms with Gasteiger partial charge in [-0.05, 0) is 48.7 Å². The number of carbonyl (C=O) groups excluding carboxylic acids is 2. The van der Waals surface area contributed by atoms with Crippen molar-refractivity contribution in [2.75, 3.05) is 5.73 Å². The molecule has 0 unspecified atom stereocenters. The number of unbranched alkanes of at least 4 members (excludes halogenated alkanes) is 9. The van der Waals surface area contributed by atoms with Gasteiger partial charge in [-0.2, -0.15) is 8.42 Å². The Morgan fingerprint density at radius 1 is 0.800 bits per heavy atom. The number of rotatable bonds is 14. The van der Waals surface area contributed by atoms with Crippen molar-refractivity contribution in [2.45, 2.75) is 87.3 Å². The molecule has 0 atom stereocenters. The number of sulfone groups is 1. The summed E-state index contributed by atoms with van der Waals surface area (Å²) >= 11 is -3.58. The van der Waals surface area contributed by atoms with Crippen molar-refractivity contribution in [3.05, 3.63) is 54.1 Å². The van der Waals surface area contributed by atoms with Gasteiger partial charge in [-0.3, -0.25) is 4.79 Å². The molecule has 11 nitrogen and oxygen atoms in total. The molecule has 0 bridgehead atoms. The van der Waals surface area contributed by atoms with E-state index in [1.807, 2.05) is 0 Å². The number of nitrogens with two attached hydrogens (primary N) is 1. The molecule has 0 amide bonds. The fourth-order valence-corrected chi connectivity index (χ4v) is 5.92. The van der Waals surface area contributed by atoms with Crippen LogP contribution in [0.5, 0.6) is 0 Å². The van der Waals surface area contributed by atoms with E-state index in [0.29, 0.717) is 12.0 Å². The molecular weight excluding hydrogens is 598 g/mol. The fourth-order valence-electron chi connectivity index (χ4n) is 3.80. The van der Waals surface area contributed by atoms with Gasteiger partial charge in [0.2, 0.25) is 0 Å². The molecule has 4 N–H and O–H groups in total. The Labute approximate surface area is 242 Å². The van der Waals surface area contributed by atoms with Crippen LogP contribution in [0.2, 0.25) is 0 Å². The second-order valence-electron chi connectivity index (χ2n) is 9.01. The van der Waals surface area contributed by atoms with E-state index in [1.54, 1.807) is 12.1 Å². The number of benzene rings is 2. The summed E-state index contributed by atoms with van der Waals surface area (Å²) in [6, 6.07) is 10.6. The summed E-state index contributed by atoms with van der Waals surface area (Å²) in [6.45, 7) is 2.19. The van der Waals surface area contributed by atoms with E-state index in [-0.39, 0.29) is 10.6 Å². The van der Waals surface area contributed by atoms with Gasteiger partial charge in [0.15, 0.2) is 0 Å². The van der Waals surface area contributed by atoms with Crippen molar-refractivity contribution < 1.29 is 59.9 Å². The quantitative estimate of drug-likeness (QED) is 0.0900. The summed E-state index contributed by atoms with van der Waals surface area (Å²) in [5, 5.41) is -1.97. The van der Waals surface area contributed by atoms with Crippen molar-refractivity contribution in [2.24, 2.45) is 0 Å². The molecule has 0 aliphatic rings. The molecule has 2 aromatic carbocycles. The monoisotopic (exact) mass is 635 g/mol. The van der Waals surface area contributed by atoms with Crippen LogP contribution in [0, 0.1) is 0 Å². The summed E-state index contributed by atoms with van der Waals surface area (Å²) in [4.78, 5) is 23.7. The van der Waals surface area contributed by atoms with E-state index < -0.39 is 54.6 Å². The molecule has 40 heavy (non-hydrogen) atoms. The number of hydrogen-bond donors (Lipinski definition) is 3. The topological polar surface area (TPSA) is 195 Å². The molecule has 14 heteroatoms. The Morgan fingerprint density at radius 2 is 1.27 bits per heavy atom. The van der Waals surface area contributed by atoms with Crippen LogP contribution >= 0.6 is 0 Å². The van der Waals surface area contributed by atoms with Crippen LogP contribution in [0.25, 0.3) is 0 Å². The molecule has 0 aliphatic carbocycles. The van der Waals surface area contributed by atoms with Gasteiger partial charge < -0.3 is 9.92 Å². The van der Waals surface area contributed by atoms with Crippen LogP contribution in [0.3, 0.4) is 0 Å². The minimum absolute atomic E-state index is 0.255. The predicted molar refractivity (Wildman–Crippen MR) is 143 cm³/mol. The van der Waals surface area contributed by atoms with Crippen LogP contribution in [-0.4, -0.2) is 35.3 Å². The summed E-state index contributed by atoms with van der Waals surface area (Å²) in [7, 11) is -9.49. The number of aryl methyl sites for hydroxylation is 1. The molecule has 0 fully saturated rings. The third-order valence-electron chi connectivity index (χ3n) is 5.83. The molecule has 0 aromatic heterocycles. The number of carbonyl (C=O) groups is 2. The Hall–Kier alpha value is -2.29. The first-order valence-corrected chi connectivity index (χ1v) is 17.9. The minimum atomic E-state index is -4.79. The van der Waals surface area contributed by atoms with Crippen LogP contribution in [-0.2, 0) is 62.1 Å². The molecule has 0 saturated heterocycles. The second-order valence-corrected chi connectivity index (χ2v) is 13.3. The first kappa shape index (κ1) is 35.7. The third-order valence-corrected chi connectivity index (χ3v) is 8.68. The molecule has 0 heterocycles. The number of anilines is 1. The first-order chi connectivity index (χ1) is 18.8. The average Bonchev–Trinajstić information content (AvgIpc) is 2.89. The SMILES string of the molecule is CCCCCCCCCCCCc1ccccc1S(=O)(=O)OC(=O)C(=O)S(=O)(=O)c1ccc(N)cc1.[O]=[Ti]([OH])[OH]. The molecule has 0 aliphatic heterocycles. The standard InChI is InChI=1S/C26H35NO7S2.2H2O.O.Ti/c1-2-3-4-5-6-7-8-9-10-11-14-21-15-12-13-16-24(21)36(32,33)34-25(28)26(29)35(30,31)23-19-17-22(27)18-20-23;;;;/h12-13,15-20H,2-11,14,27H2,1H3;2*1H2;;/q;;;;+2/p-2. The molecule has 2 rings (SSSR count). The molecular formula is C26H37NO10S2Ti. The van der Waals surface area contributed by atoms with E-state index in [2.05, 4.69) is 11.1 Å². The zero-order valence-corrected chi connectivity index (χ0v) is 25.6. The Balaban J connectivity index is 0.00000187. The average molecular weight is 636 g/mol. The molecule has 0 spiro atoms. The summed E-state index contributed by atoms with van der Waals surface area (Å²) in [5.41, 5.74) is 6.20. The van der Waals surface area contributed by atoms with E-state index >= 15 is 0 Å². The van der Waals surface area contributed by atoms with Gasteiger partial charge in [-0.15, -0.1) is 0 Å². The van der Waals surface area contributed by atoms with Gasteiger partial charge in [0.25, 0.3) is 9.84 Å². The number of nitrogen functional groups attached to an aromatic ring is 1. The van der Waals surface area contributed by atoms with Crippen molar-refractivity contribution in [3.8, 4) is 0 Å². The summed E-state index contributed by atoms with van der Waals surface area (Å²) in [5.74, 6) is -1.99. The van der Waals surface area contributed by atoms with E-state index in [0.717, 1.165) is 37.8 Å². The molecule has 0 radical (unpaired) electrons. The summed E-state index contributed by atoms with van der Waals surface area (Å²) < 4.78 is 78.0. The van der Waals surface area contributed by atoms with Crippen LogP contribution in [0.1, 0.15) is 76.7 Å². The van der Waals surface area contributed by atoms with Gasteiger partial charge in [-0.25, -0.2) is 13.2 Å². The van der Waals surface area contributed by atoms with Crippen molar-refractivity contribution in [3.63, 3.8) is 0 Å². The van der Waals surface area contributed by atoms with Crippen LogP contribution in [0.4, 0.5) is 5.69 Å². The zero-order valence-electron chi connectivity index (χ0n) is 22.5. The van der Waals surface area contributed by atoms with Crippen molar-refractivity contribution in [1.82, 2.24) is 0 Å². The van der Waals surface area contributed by atoms with Gasteiger partial charge in [0.05, 0.1) is 4.90 Å². The van der Waals surface area contributed by atoms with Gasteiger partial charge in [0, 0.05) is 5.69 Å².